The molecule has 3 nitrogen and oxygen atoms in total. The Bertz CT molecular complexity index is 377. The molecule has 2 rings (SSSR count). The maximum Gasteiger partial charge on any atom is 0.244 e. The summed E-state index contributed by atoms with van der Waals surface area (Å²) in [4.78, 5) is 14.2. The molecule has 0 aromatic heterocycles. The molecule has 0 saturated carbocycles. The summed E-state index contributed by atoms with van der Waals surface area (Å²) in [5.41, 5.74) is 6.94. The highest BCUT2D eigenvalue weighted by molar-refractivity contribution is 5.83. The molecule has 0 bridgehead atoms. The van der Waals surface area contributed by atoms with Crippen molar-refractivity contribution in [3.05, 3.63) is 35.9 Å². The molecule has 0 spiro atoms. The summed E-state index contributed by atoms with van der Waals surface area (Å²) in [5, 5.41) is 0. The summed E-state index contributed by atoms with van der Waals surface area (Å²) >= 11 is 0. The fourth-order valence-corrected chi connectivity index (χ4v) is 2.41. The highest BCUT2D eigenvalue weighted by atomic mass is 16.2. The standard InChI is InChI=1S/C14H20N2O/c1-11-7-5-6-10-16(11)14(17)13(15)12-8-3-2-4-9-12/h2-4,8-9,11,13H,5-7,10,15H2,1H3/t11?,13-/m1/s1. The van der Waals surface area contributed by atoms with Gasteiger partial charge in [-0.1, -0.05) is 30.3 Å². The summed E-state index contributed by atoms with van der Waals surface area (Å²) in [7, 11) is 0. The summed E-state index contributed by atoms with van der Waals surface area (Å²) < 4.78 is 0. The number of hydrogen-bond acceptors (Lipinski definition) is 2. The van der Waals surface area contributed by atoms with Crippen LogP contribution in [-0.2, 0) is 4.79 Å². The minimum absolute atomic E-state index is 0.0587. The van der Waals surface area contributed by atoms with E-state index < -0.39 is 6.04 Å². The second-order valence-corrected chi connectivity index (χ2v) is 4.76. The van der Waals surface area contributed by atoms with Crippen LogP contribution < -0.4 is 5.73 Å². The highest BCUT2D eigenvalue weighted by Gasteiger charge is 2.27. The number of carbonyl (C=O) groups is 1. The van der Waals surface area contributed by atoms with Crippen molar-refractivity contribution in [2.24, 2.45) is 5.73 Å². The van der Waals surface area contributed by atoms with Gasteiger partial charge in [0.1, 0.15) is 6.04 Å². The SMILES string of the molecule is CC1CCCCN1C(=O)[C@H](N)c1ccccc1. The predicted octanol–water partition coefficient (Wildman–Crippen LogP) is 2.09. The molecular formula is C14H20N2O. The fraction of sp³-hybridized carbons (Fsp3) is 0.500. The summed E-state index contributed by atoms with van der Waals surface area (Å²) in [5.74, 6) is 0.0587. The monoisotopic (exact) mass is 232 g/mol. The first-order chi connectivity index (χ1) is 8.20. The summed E-state index contributed by atoms with van der Waals surface area (Å²) in [6, 6.07) is 9.41. The van der Waals surface area contributed by atoms with Crippen LogP contribution in [0.4, 0.5) is 0 Å². The van der Waals surface area contributed by atoms with Crippen LogP contribution in [0.5, 0.6) is 0 Å². The molecule has 1 aromatic carbocycles. The molecule has 1 heterocycles. The van der Waals surface area contributed by atoms with Gasteiger partial charge in [-0.2, -0.15) is 0 Å². The van der Waals surface area contributed by atoms with Gasteiger partial charge in [-0.25, -0.2) is 0 Å². The first kappa shape index (κ1) is 12.1. The van der Waals surface area contributed by atoms with Crippen molar-refractivity contribution in [1.29, 1.82) is 0 Å². The van der Waals surface area contributed by atoms with Crippen LogP contribution in [0.25, 0.3) is 0 Å². The number of amides is 1. The van der Waals surface area contributed by atoms with Gasteiger partial charge in [-0.3, -0.25) is 4.79 Å². The van der Waals surface area contributed by atoms with E-state index in [9.17, 15) is 4.79 Å². The van der Waals surface area contributed by atoms with Gasteiger partial charge < -0.3 is 10.6 Å². The molecule has 0 aliphatic carbocycles. The topological polar surface area (TPSA) is 46.3 Å². The van der Waals surface area contributed by atoms with E-state index in [1.807, 2.05) is 35.2 Å². The molecule has 3 heteroatoms. The number of benzene rings is 1. The zero-order valence-electron chi connectivity index (χ0n) is 10.3. The normalized spacial score (nSPS) is 22.2. The molecule has 1 fully saturated rings. The molecule has 1 aromatic rings. The Hall–Kier alpha value is -1.35. The number of carbonyl (C=O) groups excluding carboxylic acids is 1. The van der Waals surface area contributed by atoms with Gasteiger partial charge in [0, 0.05) is 12.6 Å². The third-order valence-corrected chi connectivity index (χ3v) is 3.51. The molecule has 0 radical (unpaired) electrons. The Labute approximate surface area is 103 Å². The molecule has 1 amide bonds. The van der Waals surface area contributed by atoms with E-state index in [1.165, 1.54) is 6.42 Å². The van der Waals surface area contributed by atoms with Crippen molar-refractivity contribution in [3.63, 3.8) is 0 Å². The number of nitrogens with two attached hydrogens (primary N) is 1. The Morgan fingerprint density at radius 2 is 2.06 bits per heavy atom. The van der Waals surface area contributed by atoms with Crippen LogP contribution in [0.2, 0.25) is 0 Å². The number of nitrogens with zero attached hydrogens (tertiary/aromatic N) is 1. The lowest BCUT2D eigenvalue weighted by molar-refractivity contribution is -0.136. The Morgan fingerprint density at radius 1 is 1.35 bits per heavy atom. The van der Waals surface area contributed by atoms with Crippen molar-refractivity contribution in [2.45, 2.75) is 38.3 Å². The number of piperidine rings is 1. The third kappa shape index (κ3) is 2.67. The van der Waals surface area contributed by atoms with Crippen molar-refractivity contribution >= 4 is 5.91 Å². The van der Waals surface area contributed by atoms with Gasteiger partial charge in [0.2, 0.25) is 5.91 Å². The molecule has 1 aliphatic rings. The molecule has 1 aliphatic heterocycles. The van der Waals surface area contributed by atoms with Crippen molar-refractivity contribution in [2.75, 3.05) is 6.54 Å². The van der Waals surface area contributed by atoms with Crippen LogP contribution in [0.3, 0.4) is 0 Å². The third-order valence-electron chi connectivity index (χ3n) is 3.51. The first-order valence-electron chi connectivity index (χ1n) is 6.31. The second-order valence-electron chi connectivity index (χ2n) is 4.76. The quantitative estimate of drug-likeness (QED) is 0.848. The van der Waals surface area contributed by atoms with E-state index >= 15 is 0 Å². The van der Waals surface area contributed by atoms with E-state index in [0.29, 0.717) is 6.04 Å². The van der Waals surface area contributed by atoms with E-state index in [1.54, 1.807) is 0 Å². The lowest BCUT2D eigenvalue weighted by Crippen LogP contribution is -2.46. The van der Waals surface area contributed by atoms with Crippen LogP contribution in [0, 0.1) is 0 Å². The smallest absolute Gasteiger partial charge is 0.244 e. The van der Waals surface area contributed by atoms with Crippen LogP contribution in [-0.4, -0.2) is 23.4 Å². The van der Waals surface area contributed by atoms with E-state index in [4.69, 9.17) is 5.73 Å². The van der Waals surface area contributed by atoms with Crippen molar-refractivity contribution in [3.8, 4) is 0 Å². The maximum absolute atomic E-state index is 12.3. The Kier molecular flexibility index (Phi) is 3.79. The molecule has 1 unspecified atom stereocenters. The molecule has 17 heavy (non-hydrogen) atoms. The second kappa shape index (κ2) is 5.32. The van der Waals surface area contributed by atoms with Gasteiger partial charge in [0.05, 0.1) is 0 Å². The van der Waals surface area contributed by atoms with Crippen LogP contribution in [0.15, 0.2) is 30.3 Å². The van der Waals surface area contributed by atoms with E-state index in [0.717, 1.165) is 24.9 Å². The van der Waals surface area contributed by atoms with Crippen LogP contribution >= 0.6 is 0 Å². The largest absolute Gasteiger partial charge is 0.338 e. The van der Waals surface area contributed by atoms with E-state index in [2.05, 4.69) is 6.92 Å². The fourth-order valence-electron chi connectivity index (χ4n) is 2.41. The van der Waals surface area contributed by atoms with Crippen LogP contribution in [0.1, 0.15) is 37.8 Å². The molecule has 1 saturated heterocycles. The Morgan fingerprint density at radius 3 is 2.71 bits per heavy atom. The maximum atomic E-state index is 12.3. The first-order valence-corrected chi connectivity index (χ1v) is 6.31. The van der Waals surface area contributed by atoms with Gasteiger partial charge in [0.15, 0.2) is 0 Å². The minimum atomic E-state index is -0.517. The highest BCUT2D eigenvalue weighted by Crippen LogP contribution is 2.21. The van der Waals surface area contributed by atoms with Gasteiger partial charge in [0.25, 0.3) is 0 Å². The van der Waals surface area contributed by atoms with Gasteiger partial charge in [-0.15, -0.1) is 0 Å². The Balaban J connectivity index is 2.09. The lowest BCUT2D eigenvalue weighted by atomic mass is 10.0. The van der Waals surface area contributed by atoms with Gasteiger partial charge >= 0.3 is 0 Å². The zero-order valence-corrected chi connectivity index (χ0v) is 10.3. The minimum Gasteiger partial charge on any atom is -0.338 e. The van der Waals surface area contributed by atoms with Crippen molar-refractivity contribution < 1.29 is 4.79 Å². The van der Waals surface area contributed by atoms with E-state index in [-0.39, 0.29) is 5.91 Å². The molecule has 92 valence electrons. The van der Waals surface area contributed by atoms with Crippen molar-refractivity contribution in [1.82, 2.24) is 4.90 Å². The predicted molar refractivity (Wildman–Crippen MR) is 68.4 cm³/mol. The number of hydrogen-bond donors (Lipinski definition) is 1. The summed E-state index contributed by atoms with van der Waals surface area (Å²) in [6.45, 7) is 2.95. The average Bonchev–Trinajstić information content (AvgIpc) is 2.39. The number of likely N-dealkylation sites (tertiary alicyclic amines) is 1. The lowest BCUT2D eigenvalue weighted by Gasteiger charge is -2.35. The molecular weight excluding hydrogens is 212 g/mol. The number of rotatable bonds is 2. The van der Waals surface area contributed by atoms with Gasteiger partial charge in [-0.05, 0) is 31.7 Å². The average molecular weight is 232 g/mol. The summed E-state index contributed by atoms with van der Waals surface area (Å²) in [6.07, 6.45) is 3.40. The molecule has 2 atom stereocenters. The zero-order chi connectivity index (χ0) is 12.3. The molecule has 2 N–H and O–H groups in total.